The number of amides is 1. The first-order valence-electron chi connectivity index (χ1n) is 5.83. The number of anilines is 1. The van der Waals surface area contributed by atoms with E-state index >= 15 is 0 Å². The van der Waals surface area contributed by atoms with E-state index in [-0.39, 0.29) is 12.1 Å². The molecule has 2 heterocycles. The molecule has 5 heteroatoms. The molecule has 1 fully saturated rings. The Morgan fingerprint density at radius 2 is 2.35 bits per heavy atom. The van der Waals surface area contributed by atoms with Gasteiger partial charge in [0.25, 0.3) is 0 Å². The molecular formula is C12H16ClN3O. The lowest BCUT2D eigenvalue weighted by Gasteiger charge is -2.36. The smallest absolute Gasteiger partial charge is 0.218 e. The number of rotatable bonds is 2. The van der Waals surface area contributed by atoms with Crippen LogP contribution in [0.3, 0.4) is 0 Å². The van der Waals surface area contributed by atoms with Crippen molar-refractivity contribution in [1.82, 2.24) is 10.3 Å². The van der Waals surface area contributed by atoms with Gasteiger partial charge in [0.05, 0.1) is 0 Å². The summed E-state index contributed by atoms with van der Waals surface area (Å²) < 4.78 is 0. The maximum Gasteiger partial charge on any atom is 0.218 e. The van der Waals surface area contributed by atoms with E-state index in [0.717, 1.165) is 31.6 Å². The van der Waals surface area contributed by atoms with E-state index in [9.17, 15) is 4.79 Å². The second-order valence-electron chi connectivity index (χ2n) is 4.22. The minimum Gasteiger partial charge on any atom is -0.336 e. The van der Waals surface area contributed by atoms with Gasteiger partial charge in [-0.05, 0) is 31.4 Å². The van der Waals surface area contributed by atoms with Gasteiger partial charge < -0.3 is 10.2 Å². The molecule has 17 heavy (non-hydrogen) atoms. The summed E-state index contributed by atoms with van der Waals surface area (Å²) >= 11 is 5.89. The van der Waals surface area contributed by atoms with Gasteiger partial charge in [-0.3, -0.25) is 4.79 Å². The second-order valence-corrected chi connectivity index (χ2v) is 4.61. The highest BCUT2D eigenvalue weighted by Gasteiger charge is 2.24. The summed E-state index contributed by atoms with van der Waals surface area (Å²) in [5, 5.41) is 3.43. The Hall–Kier alpha value is -1.29. The van der Waals surface area contributed by atoms with E-state index in [0.29, 0.717) is 5.15 Å². The average molecular weight is 254 g/mol. The second kappa shape index (κ2) is 5.36. The number of carbonyl (C=O) groups is 1. The molecule has 92 valence electrons. The molecule has 1 aliphatic rings. The number of nitrogens with one attached hydrogen (secondary N) is 1. The lowest BCUT2D eigenvalue weighted by Crippen LogP contribution is -2.50. The summed E-state index contributed by atoms with van der Waals surface area (Å²) in [6, 6.07) is 5.55. The normalized spacial score (nSPS) is 20.1. The quantitative estimate of drug-likeness (QED) is 0.822. The average Bonchev–Trinajstić information content (AvgIpc) is 2.29. The minimum atomic E-state index is -0.0103. The number of carbonyl (C=O) groups excluding carboxylic acids is 1. The summed E-state index contributed by atoms with van der Waals surface area (Å²) in [6.45, 7) is 2.44. The van der Waals surface area contributed by atoms with E-state index in [1.54, 1.807) is 6.07 Å². The molecule has 1 saturated heterocycles. The predicted molar refractivity (Wildman–Crippen MR) is 68.0 cm³/mol. The van der Waals surface area contributed by atoms with Crippen molar-refractivity contribution in [2.45, 2.75) is 32.4 Å². The summed E-state index contributed by atoms with van der Waals surface area (Å²) in [5.74, 6) is 0.819. The zero-order valence-electron chi connectivity index (χ0n) is 9.82. The van der Waals surface area contributed by atoms with Crippen LogP contribution in [0.15, 0.2) is 18.2 Å². The first-order chi connectivity index (χ1) is 8.16. The van der Waals surface area contributed by atoms with Gasteiger partial charge in [-0.1, -0.05) is 17.7 Å². The highest BCUT2D eigenvalue weighted by atomic mass is 35.5. The van der Waals surface area contributed by atoms with Gasteiger partial charge in [0.1, 0.15) is 17.1 Å². The van der Waals surface area contributed by atoms with E-state index < -0.39 is 0 Å². The molecular weight excluding hydrogens is 238 g/mol. The molecule has 0 aliphatic carbocycles. The zero-order chi connectivity index (χ0) is 12.3. The van der Waals surface area contributed by atoms with Crippen LogP contribution in [0.25, 0.3) is 0 Å². The first-order valence-corrected chi connectivity index (χ1v) is 6.21. The molecule has 4 nitrogen and oxygen atoms in total. The van der Waals surface area contributed by atoms with Crippen LogP contribution in [0, 0.1) is 0 Å². The molecule has 1 amide bonds. The fourth-order valence-electron chi connectivity index (χ4n) is 2.15. The number of hydrogen-bond acceptors (Lipinski definition) is 3. The molecule has 0 bridgehead atoms. The Labute approximate surface area is 106 Å². The van der Waals surface area contributed by atoms with Crippen LogP contribution in [0.1, 0.15) is 26.2 Å². The number of halogens is 1. The summed E-state index contributed by atoms with van der Waals surface area (Å²) in [6.07, 6.45) is 3.23. The molecule has 0 saturated carbocycles. The van der Waals surface area contributed by atoms with Crippen molar-refractivity contribution in [3.8, 4) is 0 Å². The van der Waals surface area contributed by atoms with Crippen LogP contribution in [0.5, 0.6) is 0 Å². The highest BCUT2D eigenvalue weighted by Crippen LogP contribution is 2.22. The van der Waals surface area contributed by atoms with Crippen LogP contribution >= 0.6 is 11.6 Å². The van der Waals surface area contributed by atoms with Crippen molar-refractivity contribution >= 4 is 23.3 Å². The van der Waals surface area contributed by atoms with Gasteiger partial charge >= 0.3 is 0 Å². The Morgan fingerprint density at radius 3 is 3.06 bits per heavy atom. The zero-order valence-corrected chi connectivity index (χ0v) is 10.6. The molecule has 0 spiro atoms. The van der Waals surface area contributed by atoms with Crippen molar-refractivity contribution in [3.05, 3.63) is 23.4 Å². The Bertz CT molecular complexity index is 410. The fourth-order valence-corrected chi connectivity index (χ4v) is 2.31. The van der Waals surface area contributed by atoms with Crippen molar-refractivity contribution in [3.63, 3.8) is 0 Å². The number of hydrogen-bond donors (Lipinski definition) is 1. The van der Waals surface area contributed by atoms with Crippen molar-refractivity contribution in [2.75, 3.05) is 11.4 Å². The minimum absolute atomic E-state index is 0.0103. The van der Waals surface area contributed by atoms with Crippen LogP contribution in [-0.2, 0) is 4.79 Å². The van der Waals surface area contributed by atoms with Crippen molar-refractivity contribution in [2.24, 2.45) is 0 Å². The first kappa shape index (κ1) is 12.2. The fraction of sp³-hybridized carbons (Fsp3) is 0.500. The molecule has 2 rings (SSSR count). The number of pyridine rings is 1. The maximum absolute atomic E-state index is 11.2. The number of nitrogens with zero attached hydrogens (tertiary/aromatic N) is 2. The largest absolute Gasteiger partial charge is 0.336 e. The van der Waals surface area contributed by atoms with E-state index in [1.165, 1.54) is 6.92 Å². The lowest BCUT2D eigenvalue weighted by molar-refractivity contribution is -0.119. The molecule has 1 unspecified atom stereocenters. The van der Waals surface area contributed by atoms with Crippen LogP contribution < -0.4 is 10.2 Å². The van der Waals surface area contributed by atoms with Gasteiger partial charge in [-0.25, -0.2) is 4.98 Å². The molecule has 1 aliphatic heterocycles. The van der Waals surface area contributed by atoms with Gasteiger partial charge in [0.2, 0.25) is 5.91 Å². The Kier molecular flexibility index (Phi) is 3.84. The van der Waals surface area contributed by atoms with Gasteiger partial charge in [-0.15, -0.1) is 0 Å². The third-order valence-electron chi connectivity index (χ3n) is 2.87. The topological polar surface area (TPSA) is 45.2 Å². The molecule has 1 aromatic heterocycles. The van der Waals surface area contributed by atoms with E-state index in [4.69, 9.17) is 11.6 Å². The van der Waals surface area contributed by atoms with Crippen LogP contribution in [0.2, 0.25) is 5.15 Å². The monoisotopic (exact) mass is 253 g/mol. The Balaban J connectivity index is 2.18. The lowest BCUT2D eigenvalue weighted by atomic mass is 10.1. The highest BCUT2D eigenvalue weighted by molar-refractivity contribution is 6.29. The standard InChI is InChI=1S/C12H16ClN3O/c1-9(17)14-11-6-2-3-8-16(11)12-7-4-5-10(13)15-12/h4-5,7,11H,2-3,6,8H2,1H3,(H,14,17). The summed E-state index contributed by atoms with van der Waals surface area (Å²) in [7, 11) is 0. The number of piperidine rings is 1. The molecule has 0 radical (unpaired) electrons. The van der Waals surface area contributed by atoms with E-state index in [1.807, 2.05) is 12.1 Å². The molecule has 1 N–H and O–H groups in total. The van der Waals surface area contributed by atoms with E-state index in [2.05, 4.69) is 15.2 Å². The molecule has 0 aromatic carbocycles. The maximum atomic E-state index is 11.2. The van der Waals surface area contributed by atoms with Gasteiger partial charge in [0.15, 0.2) is 0 Å². The Morgan fingerprint density at radius 1 is 1.53 bits per heavy atom. The summed E-state index contributed by atoms with van der Waals surface area (Å²) in [4.78, 5) is 17.6. The molecule has 1 atom stereocenters. The van der Waals surface area contributed by atoms with Crippen molar-refractivity contribution < 1.29 is 4.79 Å². The molecule has 1 aromatic rings. The van der Waals surface area contributed by atoms with Gasteiger partial charge in [0, 0.05) is 13.5 Å². The summed E-state index contributed by atoms with van der Waals surface area (Å²) in [5.41, 5.74) is 0. The van der Waals surface area contributed by atoms with Gasteiger partial charge in [-0.2, -0.15) is 0 Å². The van der Waals surface area contributed by atoms with Crippen LogP contribution in [-0.4, -0.2) is 23.6 Å². The van der Waals surface area contributed by atoms with Crippen molar-refractivity contribution in [1.29, 1.82) is 0 Å². The SMILES string of the molecule is CC(=O)NC1CCCCN1c1cccc(Cl)n1. The van der Waals surface area contributed by atoms with Crippen LogP contribution in [0.4, 0.5) is 5.82 Å². The third-order valence-corrected chi connectivity index (χ3v) is 3.08. The third kappa shape index (κ3) is 3.09. The number of aromatic nitrogens is 1. The predicted octanol–water partition coefficient (Wildman–Crippen LogP) is 2.19.